The number of aromatic nitrogens is 1. The van der Waals surface area contributed by atoms with Crippen LogP contribution in [0.2, 0.25) is 0 Å². The van der Waals surface area contributed by atoms with Gasteiger partial charge in [-0.25, -0.2) is 4.99 Å². The highest BCUT2D eigenvalue weighted by Gasteiger charge is 2.30. The molecule has 1 N–H and O–H groups in total. The maximum atomic E-state index is 12.8. The first-order chi connectivity index (χ1) is 15.0. The van der Waals surface area contributed by atoms with E-state index in [9.17, 15) is 9.59 Å². The highest BCUT2D eigenvalue weighted by atomic mass is 16.6. The molecule has 2 aromatic rings. The molecule has 0 bridgehead atoms. The van der Waals surface area contributed by atoms with E-state index in [0.717, 1.165) is 36.1 Å². The number of anilines is 1. The molecule has 1 aliphatic rings. The van der Waals surface area contributed by atoms with E-state index in [1.807, 2.05) is 55.1 Å². The first-order valence-electron chi connectivity index (χ1n) is 11.3. The van der Waals surface area contributed by atoms with E-state index < -0.39 is 12.1 Å². The van der Waals surface area contributed by atoms with Gasteiger partial charge in [0.05, 0.1) is 11.4 Å². The molecule has 31 heavy (non-hydrogen) atoms. The molecule has 1 aliphatic heterocycles. The molecule has 1 unspecified atom stereocenters. The Kier molecular flexibility index (Phi) is 8.04. The molecule has 6 nitrogen and oxygen atoms in total. The van der Waals surface area contributed by atoms with Crippen LogP contribution in [0.15, 0.2) is 41.5 Å². The standard InChI is InChI=1S/C25H33N3O3/c1-4-5-6-7-8-9-13-16-21(29)31-25-24(30)26-20-17-28(3)18(2)22(20)23(27-25)19-14-11-10-12-15-19/h10-12,14-15,17,25H,4-9,13,16H2,1-3H3,(H,26,30). The van der Waals surface area contributed by atoms with Gasteiger partial charge in [-0.15, -0.1) is 0 Å². The lowest BCUT2D eigenvalue weighted by atomic mass is 10.0. The number of carbonyl (C=O) groups is 2. The Morgan fingerprint density at radius 3 is 2.48 bits per heavy atom. The molecule has 0 saturated heterocycles. The van der Waals surface area contributed by atoms with Gasteiger partial charge in [0.15, 0.2) is 0 Å². The number of fused-ring (bicyclic) bond motifs is 1. The van der Waals surface area contributed by atoms with E-state index in [-0.39, 0.29) is 5.97 Å². The number of amides is 1. The van der Waals surface area contributed by atoms with Crippen LogP contribution in [-0.2, 0) is 21.4 Å². The fourth-order valence-electron chi connectivity index (χ4n) is 3.86. The second kappa shape index (κ2) is 10.9. The summed E-state index contributed by atoms with van der Waals surface area (Å²) in [6.07, 6.45) is 8.83. The van der Waals surface area contributed by atoms with Crippen molar-refractivity contribution in [3.05, 3.63) is 53.3 Å². The van der Waals surface area contributed by atoms with Crippen LogP contribution in [0, 0.1) is 6.92 Å². The highest BCUT2D eigenvalue weighted by Crippen LogP contribution is 2.29. The molecule has 166 valence electrons. The summed E-state index contributed by atoms with van der Waals surface area (Å²) in [5.74, 6) is -0.806. The molecule has 1 aromatic carbocycles. The van der Waals surface area contributed by atoms with Crippen molar-refractivity contribution >= 4 is 23.3 Å². The number of aryl methyl sites for hydroxylation is 1. The maximum Gasteiger partial charge on any atom is 0.308 e. The minimum Gasteiger partial charge on any atom is -0.430 e. The Balaban J connectivity index is 1.71. The number of nitrogens with one attached hydrogen (secondary N) is 1. The molecule has 0 radical (unpaired) electrons. The summed E-state index contributed by atoms with van der Waals surface area (Å²) < 4.78 is 7.46. The summed E-state index contributed by atoms with van der Waals surface area (Å²) >= 11 is 0. The van der Waals surface area contributed by atoms with E-state index in [4.69, 9.17) is 4.74 Å². The van der Waals surface area contributed by atoms with Crippen molar-refractivity contribution in [2.45, 2.75) is 71.4 Å². The van der Waals surface area contributed by atoms with E-state index in [1.165, 1.54) is 25.7 Å². The molecular weight excluding hydrogens is 390 g/mol. The van der Waals surface area contributed by atoms with Gasteiger partial charge in [-0.05, 0) is 13.3 Å². The number of rotatable bonds is 10. The third-order valence-corrected chi connectivity index (χ3v) is 5.72. The third-order valence-electron chi connectivity index (χ3n) is 5.72. The van der Waals surface area contributed by atoms with Crippen LogP contribution in [-0.4, -0.2) is 28.4 Å². The summed E-state index contributed by atoms with van der Waals surface area (Å²) in [5, 5.41) is 2.88. The van der Waals surface area contributed by atoms with E-state index in [0.29, 0.717) is 17.8 Å². The Morgan fingerprint density at radius 2 is 1.77 bits per heavy atom. The fourth-order valence-corrected chi connectivity index (χ4v) is 3.86. The molecule has 0 saturated carbocycles. The van der Waals surface area contributed by atoms with Gasteiger partial charge >= 0.3 is 5.97 Å². The largest absolute Gasteiger partial charge is 0.430 e. The molecule has 1 amide bonds. The Morgan fingerprint density at radius 1 is 1.10 bits per heavy atom. The van der Waals surface area contributed by atoms with Crippen LogP contribution >= 0.6 is 0 Å². The number of esters is 1. The van der Waals surface area contributed by atoms with Gasteiger partial charge < -0.3 is 14.6 Å². The number of nitrogens with zero attached hydrogens (tertiary/aromatic N) is 2. The van der Waals surface area contributed by atoms with Gasteiger partial charge in [0.25, 0.3) is 12.1 Å². The summed E-state index contributed by atoms with van der Waals surface area (Å²) in [4.78, 5) is 29.8. The van der Waals surface area contributed by atoms with Crippen LogP contribution in [0.1, 0.15) is 75.1 Å². The molecular formula is C25H33N3O3. The van der Waals surface area contributed by atoms with Gasteiger partial charge in [-0.2, -0.15) is 0 Å². The van der Waals surface area contributed by atoms with Crippen LogP contribution < -0.4 is 5.32 Å². The van der Waals surface area contributed by atoms with Crippen molar-refractivity contribution < 1.29 is 14.3 Å². The third kappa shape index (κ3) is 5.84. The number of unbranched alkanes of at least 4 members (excludes halogenated alkanes) is 6. The van der Waals surface area contributed by atoms with Crippen LogP contribution in [0.4, 0.5) is 5.69 Å². The van der Waals surface area contributed by atoms with Gasteiger partial charge in [0.1, 0.15) is 0 Å². The highest BCUT2D eigenvalue weighted by molar-refractivity contribution is 6.20. The smallest absolute Gasteiger partial charge is 0.308 e. The summed E-state index contributed by atoms with van der Waals surface area (Å²) in [6, 6.07) is 9.68. The van der Waals surface area contributed by atoms with Crippen molar-refractivity contribution in [1.82, 2.24) is 4.57 Å². The number of carbonyl (C=O) groups excluding carboxylic acids is 2. The summed E-state index contributed by atoms with van der Waals surface area (Å²) in [7, 11) is 1.93. The van der Waals surface area contributed by atoms with Gasteiger partial charge in [-0.1, -0.05) is 75.8 Å². The number of ether oxygens (including phenoxy) is 1. The maximum absolute atomic E-state index is 12.8. The average Bonchev–Trinajstić information content (AvgIpc) is 2.95. The molecule has 0 spiro atoms. The zero-order valence-corrected chi connectivity index (χ0v) is 18.8. The number of aliphatic imine (C=N–C) groups is 1. The number of hydrogen-bond acceptors (Lipinski definition) is 4. The molecule has 1 aromatic heterocycles. The van der Waals surface area contributed by atoms with Crippen molar-refractivity contribution in [2.75, 3.05) is 5.32 Å². The van der Waals surface area contributed by atoms with E-state index in [1.54, 1.807) is 0 Å². The number of hydrogen-bond donors (Lipinski definition) is 1. The van der Waals surface area contributed by atoms with Gasteiger partial charge in [0, 0.05) is 36.5 Å². The molecule has 3 rings (SSSR count). The Labute approximate surface area is 184 Å². The average molecular weight is 424 g/mol. The molecule has 6 heteroatoms. The summed E-state index contributed by atoms with van der Waals surface area (Å²) in [6.45, 7) is 4.18. The van der Waals surface area contributed by atoms with Crippen LogP contribution in [0.3, 0.4) is 0 Å². The first-order valence-corrected chi connectivity index (χ1v) is 11.3. The monoisotopic (exact) mass is 423 g/mol. The molecule has 1 atom stereocenters. The van der Waals surface area contributed by atoms with Gasteiger partial charge in [-0.3, -0.25) is 9.59 Å². The minimum atomic E-state index is -1.19. The van der Waals surface area contributed by atoms with E-state index >= 15 is 0 Å². The van der Waals surface area contributed by atoms with Crippen molar-refractivity contribution in [2.24, 2.45) is 12.0 Å². The van der Waals surface area contributed by atoms with Gasteiger partial charge in [0.2, 0.25) is 0 Å². The number of benzene rings is 1. The lowest BCUT2D eigenvalue weighted by Gasteiger charge is -2.13. The van der Waals surface area contributed by atoms with E-state index in [2.05, 4.69) is 17.2 Å². The van der Waals surface area contributed by atoms with Crippen LogP contribution in [0.25, 0.3) is 0 Å². The fraction of sp³-hybridized carbons (Fsp3) is 0.480. The predicted molar refractivity (Wildman–Crippen MR) is 123 cm³/mol. The lowest BCUT2D eigenvalue weighted by Crippen LogP contribution is -2.30. The zero-order chi connectivity index (χ0) is 22.2. The zero-order valence-electron chi connectivity index (χ0n) is 18.8. The second-order valence-corrected chi connectivity index (χ2v) is 8.16. The Bertz CT molecular complexity index is 931. The molecule has 0 fully saturated rings. The van der Waals surface area contributed by atoms with Crippen molar-refractivity contribution in [3.8, 4) is 0 Å². The quantitative estimate of drug-likeness (QED) is 0.425. The normalized spacial score (nSPS) is 15.6. The first kappa shape index (κ1) is 22.8. The lowest BCUT2D eigenvalue weighted by molar-refractivity contribution is -0.153. The van der Waals surface area contributed by atoms with Crippen molar-refractivity contribution in [3.63, 3.8) is 0 Å². The minimum absolute atomic E-state index is 0.306. The SMILES string of the molecule is CCCCCCCCCC(=O)OC1N=C(c2ccccc2)c2c(cn(C)c2C)NC1=O. The Hall–Kier alpha value is -2.89. The van der Waals surface area contributed by atoms with Crippen molar-refractivity contribution in [1.29, 1.82) is 0 Å². The second-order valence-electron chi connectivity index (χ2n) is 8.16. The summed E-state index contributed by atoms with van der Waals surface area (Å²) in [5.41, 5.74) is 4.04. The molecule has 2 heterocycles. The predicted octanol–water partition coefficient (Wildman–Crippen LogP) is 5.13. The molecule has 0 aliphatic carbocycles. The topological polar surface area (TPSA) is 72.7 Å². The van der Waals surface area contributed by atoms with Crippen LogP contribution in [0.5, 0.6) is 0 Å².